The van der Waals surface area contributed by atoms with Crippen molar-refractivity contribution in [3.8, 4) is 0 Å². The maximum atomic E-state index is 5.60. The normalized spacial score (nSPS) is 12.9. The van der Waals surface area contributed by atoms with E-state index in [1.54, 1.807) is 11.3 Å². The molecule has 0 fully saturated rings. The molecule has 92 valence electrons. The van der Waals surface area contributed by atoms with Gasteiger partial charge in [0, 0.05) is 18.1 Å². The van der Waals surface area contributed by atoms with Gasteiger partial charge in [-0.1, -0.05) is 0 Å². The van der Waals surface area contributed by atoms with Crippen molar-refractivity contribution < 1.29 is 0 Å². The van der Waals surface area contributed by atoms with Crippen LogP contribution in [0.5, 0.6) is 0 Å². The molecule has 2 aromatic rings. The molecule has 0 aromatic carbocycles. The summed E-state index contributed by atoms with van der Waals surface area (Å²) in [7, 11) is 1.93. The average Bonchev–Trinajstić information content (AvgIpc) is 2.89. The van der Waals surface area contributed by atoms with Gasteiger partial charge in [-0.2, -0.15) is 5.10 Å². The highest BCUT2D eigenvalue weighted by Gasteiger charge is 2.12. The Balaban J connectivity index is 1.96. The summed E-state index contributed by atoms with van der Waals surface area (Å²) >= 11 is 5.18. The molecular weight excluding hydrogens is 300 g/mol. The summed E-state index contributed by atoms with van der Waals surface area (Å²) in [5.74, 6) is 5.60. The predicted molar refractivity (Wildman–Crippen MR) is 73.6 cm³/mol. The summed E-state index contributed by atoms with van der Waals surface area (Å²) in [5.41, 5.74) is 4.11. The Bertz CT molecular complexity index is 479. The van der Waals surface area contributed by atoms with E-state index in [1.165, 1.54) is 10.4 Å². The number of aryl methyl sites for hydroxylation is 2. The first-order chi connectivity index (χ1) is 8.19. The Morgan fingerprint density at radius 1 is 1.59 bits per heavy atom. The first-order valence-electron chi connectivity index (χ1n) is 5.38. The van der Waals surface area contributed by atoms with Crippen molar-refractivity contribution in [1.82, 2.24) is 15.2 Å². The summed E-state index contributed by atoms with van der Waals surface area (Å²) < 4.78 is 2.95. The zero-order chi connectivity index (χ0) is 12.3. The lowest BCUT2D eigenvalue weighted by Crippen LogP contribution is -2.27. The molecule has 4 nitrogen and oxygen atoms in total. The summed E-state index contributed by atoms with van der Waals surface area (Å²) in [6.07, 6.45) is 5.88. The van der Waals surface area contributed by atoms with E-state index < -0.39 is 0 Å². The van der Waals surface area contributed by atoms with Crippen LogP contribution in [-0.2, 0) is 13.5 Å². The number of thiophene rings is 1. The van der Waals surface area contributed by atoms with E-state index in [-0.39, 0.29) is 6.04 Å². The number of hydrogen-bond acceptors (Lipinski definition) is 4. The van der Waals surface area contributed by atoms with Crippen LogP contribution in [0.2, 0.25) is 0 Å². The van der Waals surface area contributed by atoms with Gasteiger partial charge >= 0.3 is 0 Å². The quantitative estimate of drug-likeness (QED) is 0.658. The van der Waals surface area contributed by atoms with Gasteiger partial charge in [0.15, 0.2) is 0 Å². The van der Waals surface area contributed by atoms with E-state index >= 15 is 0 Å². The third kappa shape index (κ3) is 3.38. The van der Waals surface area contributed by atoms with Gasteiger partial charge in [-0.25, -0.2) is 0 Å². The number of hydrogen-bond donors (Lipinski definition) is 2. The van der Waals surface area contributed by atoms with Crippen LogP contribution in [0.4, 0.5) is 0 Å². The molecule has 2 aromatic heterocycles. The summed E-state index contributed by atoms with van der Waals surface area (Å²) in [4.78, 5) is 1.25. The maximum Gasteiger partial charge on any atom is 0.0702 e. The molecule has 0 amide bonds. The molecule has 0 bridgehead atoms. The van der Waals surface area contributed by atoms with Gasteiger partial charge in [-0.3, -0.25) is 16.0 Å². The maximum absolute atomic E-state index is 5.60. The molecule has 1 atom stereocenters. The van der Waals surface area contributed by atoms with Crippen LogP contribution in [0.25, 0.3) is 0 Å². The Morgan fingerprint density at radius 3 is 2.94 bits per heavy atom. The molecule has 6 heteroatoms. The molecule has 1 unspecified atom stereocenters. The van der Waals surface area contributed by atoms with Crippen LogP contribution in [0.1, 0.15) is 22.9 Å². The molecule has 0 aliphatic carbocycles. The van der Waals surface area contributed by atoms with Gasteiger partial charge in [0.05, 0.1) is 16.0 Å². The fourth-order valence-corrected chi connectivity index (χ4v) is 3.25. The lowest BCUT2D eigenvalue weighted by atomic mass is 10.1. The molecule has 2 rings (SSSR count). The molecule has 17 heavy (non-hydrogen) atoms. The van der Waals surface area contributed by atoms with Crippen LogP contribution >= 0.6 is 27.3 Å². The van der Waals surface area contributed by atoms with Crippen LogP contribution < -0.4 is 11.3 Å². The molecule has 0 saturated carbocycles. The van der Waals surface area contributed by atoms with Crippen molar-refractivity contribution >= 4 is 27.3 Å². The van der Waals surface area contributed by atoms with Gasteiger partial charge in [-0.05, 0) is 46.5 Å². The fraction of sp³-hybridized carbons (Fsp3) is 0.364. The Kier molecular flexibility index (Phi) is 4.33. The molecule has 0 radical (unpaired) electrons. The van der Waals surface area contributed by atoms with Crippen LogP contribution in [-0.4, -0.2) is 9.78 Å². The minimum atomic E-state index is 0.200. The minimum absolute atomic E-state index is 0.200. The van der Waals surface area contributed by atoms with Crippen molar-refractivity contribution in [2.24, 2.45) is 12.9 Å². The third-order valence-electron chi connectivity index (χ3n) is 2.62. The van der Waals surface area contributed by atoms with E-state index in [2.05, 4.69) is 38.6 Å². The number of aromatic nitrogens is 2. The second kappa shape index (κ2) is 5.77. The predicted octanol–water partition coefficient (Wildman–Crippen LogP) is 2.38. The second-order valence-corrected chi connectivity index (χ2v) is 6.42. The van der Waals surface area contributed by atoms with E-state index in [0.29, 0.717) is 0 Å². The van der Waals surface area contributed by atoms with Crippen molar-refractivity contribution in [2.45, 2.75) is 18.9 Å². The van der Waals surface area contributed by atoms with Gasteiger partial charge in [0.1, 0.15) is 0 Å². The van der Waals surface area contributed by atoms with Gasteiger partial charge in [-0.15, -0.1) is 11.3 Å². The van der Waals surface area contributed by atoms with Crippen molar-refractivity contribution in [3.05, 3.63) is 38.8 Å². The average molecular weight is 315 g/mol. The molecule has 0 spiro atoms. The molecule has 2 heterocycles. The topological polar surface area (TPSA) is 55.9 Å². The zero-order valence-electron chi connectivity index (χ0n) is 9.56. The molecule has 0 aliphatic heterocycles. The zero-order valence-corrected chi connectivity index (χ0v) is 12.0. The Hall–Kier alpha value is -0.690. The van der Waals surface area contributed by atoms with E-state index in [4.69, 9.17) is 5.84 Å². The standard InChI is InChI=1S/C11H15BrN4S/c1-16-7-8(6-14-16)2-3-9(15-13)10-4-5-11(12)17-10/h4-7,9,15H,2-3,13H2,1H3. The highest BCUT2D eigenvalue weighted by molar-refractivity contribution is 9.11. The highest BCUT2D eigenvalue weighted by Crippen LogP contribution is 2.29. The molecule has 0 saturated heterocycles. The largest absolute Gasteiger partial charge is 0.276 e. The number of rotatable bonds is 5. The van der Waals surface area contributed by atoms with Crippen LogP contribution in [0.3, 0.4) is 0 Å². The first kappa shape index (κ1) is 12.8. The molecule has 3 N–H and O–H groups in total. The van der Waals surface area contributed by atoms with Crippen LogP contribution in [0, 0.1) is 0 Å². The first-order valence-corrected chi connectivity index (χ1v) is 6.99. The SMILES string of the molecule is Cn1cc(CCC(NN)c2ccc(Br)s2)cn1. The van der Waals surface area contributed by atoms with E-state index in [9.17, 15) is 0 Å². The van der Waals surface area contributed by atoms with Crippen LogP contribution in [0.15, 0.2) is 28.3 Å². The van der Waals surface area contributed by atoms with Crippen molar-refractivity contribution in [2.75, 3.05) is 0 Å². The summed E-state index contributed by atoms with van der Waals surface area (Å²) in [6.45, 7) is 0. The number of hydrazine groups is 1. The Morgan fingerprint density at radius 2 is 2.41 bits per heavy atom. The van der Waals surface area contributed by atoms with E-state index in [1.807, 2.05) is 24.1 Å². The summed E-state index contributed by atoms with van der Waals surface area (Å²) in [6, 6.07) is 4.35. The second-order valence-electron chi connectivity index (χ2n) is 3.92. The number of halogens is 1. The highest BCUT2D eigenvalue weighted by atomic mass is 79.9. The summed E-state index contributed by atoms with van der Waals surface area (Å²) in [5, 5.41) is 4.16. The third-order valence-corrected chi connectivity index (χ3v) is 4.36. The van der Waals surface area contributed by atoms with Crippen molar-refractivity contribution in [3.63, 3.8) is 0 Å². The smallest absolute Gasteiger partial charge is 0.0702 e. The molecule has 0 aliphatic rings. The lowest BCUT2D eigenvalue weighted by molar-refractivity contribution is 0.524. The number of nitrogens with two attached hydrogens (primary N) is 1. The molecular formula is C11H15BrN4S. The number of nitrogens with one attached hydrogen (secondary N) is 1. The minimum Gasteiger partial charge on any atom is -0.276 e. The van der Waals surface area contributed by atoms with Gasteiger partial charge in [0.25, 0.3) is 0 Å². The monoisotopic (exact) mass is 314 g/mol. The van der Waals surface area contributed by atoms with E-state index in [0.717, 1.165) is 16.6 Å². The fourth-order valence-electron chi connectivity index (χ4n) is 1.74. The van der Waals surface area contributed by atoms with Gasteiger partial charge < -0.3 is 0 Å². The Labute approximate surface area is 113 Å². The lowest BCUT2D eigenvalue weighted by Gasteiger charge is -2.13. The van der Waals surface area contributed by atoms with Crippen molar-refractivity contribution in [1.29, 1.82) is 0 Å². The van der Waals surface area contributed by atoms with Gasteiger partial charge in [0.2, 0.25) is 0 Å². The number of nitrogens with zero attached hydrogens (tertiary/aromatic N) is 2.